The topological polar surface area (TPSA) is 38.3 Å². The smallest absolute Gasteiger partial charge is 0.230 e. The van der Waals surface area contributed by atoms with Gasteiger partial charge in [-0.15, -0.1) is 0 Å². The number of hydrogen-bond donors (Lipinski definition) is 1. The third-order valence-corrected chi connectivity index (χ3v) is 4.03. The Balaban J connectivity index is 2.07. The summed E-state index contributed by atoms with van der Waals surface area (Å²) in [5.41, 5.74) is 0.805. The van der Waals surface area contributed by atoms with Crippen molar-refractivity contribution in [1.82, 2.24) is 0 Å². The van der Waals surface area contributed by atoms with Crippen LogP contribution in [-0.2, 0) is 9.53 Å². The average Bonchev–Trinajstić information content (AvgIpc) is 2.68. The van der Waals surface area contributed by atoms with Crippen molar-refractivity contribution in [1.29, 1.82) is 0 Å². The number of rotatable bonds is 2. The fraction of sp³-hybridized carbons (Fsp3) is 0.417. The molecule has 5 heteroatoms. The van der Waals surface area contributed by atoms with Gasteiger partial charge in [0.1, 0.15) is 0 Å². The highest BCUT2D eigenvalue weighted by molar-refractivity contribution is 14.1. The number of ether oxygens (including phenoxy) is 1. The Bertz CT molecular complexity index is 439. The Hall–Kier alpha value is -0.330. The lowest BCUT2D eigenvalue weighted by Gasteiger charge is -2.15. The lowest BCUT2D eigenvalue weighted by molar-refractivity contribution is -0.121. The molecule has 1 aliphatic rings. The van der Waals surface area contributed by atoms with Gasteiger partial charge in [-0.1, -0.05) is 11.6 Å². The van der Waals surface area contributed by atoms with Gasteiger partial charge in [0.15, 0.2) is 0 Å². The van der Waals surface area contributed by atoms with Gasteiger partial charge in [-0.3, -0.25) is 4.79 Å². The number of halogens is 2. The zero-order valence-electron chi connectivity index (χ0n) is 9.37. The van der Waals surface area contributed by atoms with E-state index in [0.29, 0.717) is 11.6 Å². The monoisotopic (exact) mass is 365 g/mol. The van der Waals surface area contributed by atoms with Crippen molar-refractivity contribution in [2.45, 2.75) is 19.4 Å². The van der Waals surface area contributed by atoms with E-state index in [1.54, 1.807) is 6.07 Å². The molecule has 0 aromatic heterocycles. The van der Waals surface area contributed by atoms with E-state index >= 15 is 0 Å². The lowest BCUT2D eigenvalue weighted by Crippen LogP contribution is -2.28. The van der Waals surface area contributed by atoms with Crippen LogP contribution in [0.3, 0.4) is 0 Å². The van der Waals surface area contributed by atoms with Crippen LogP contribution in [0.4, 0.5) is 5.69 Å². The van der Waals surface area contributed by atoms with Crippen molar-refractivity contribution in [2.24, 2.45) is 5.92 Å². The summed E-state index contributed by atoms with van der Waals surface area (Å²) in [5, 5.41) is 3.60. The summed E-state index contributed by atoms with van der Waals surface area (Å²) in [6, 6.07) is 5.42. The van der Waals surface area contributed by atoms with E-state index in [1.165, 1.54) is 0 Å². The summed E-state index contributed by atoms with van der Waals surface area (Å²) < 4.78 is 6.33. The van der Waals surface area contributed by atoms with Crippen LogP contribution in [-0.4, -0.2) is 18.6 Å². The molecule has 92 valence electrons. The van der Waals surface area contributed by atoms with E-state index < -0.39 is 0 Å². The highest BCUT2D eigenvalue weighted by Gasteiger charge is 2.30. The molecule has 1 aromatic rings. The highest BCUT2D eigenvalue weighted by Crippen LogP contribution is 2.25. The van der Waals surface area contributed by atoms with Gasteiger partial charge in [0.2, 0.25) is 5.91 Å². The minimum Gasteiger partial charge on any atom is -0.378 e. The molecule has 1 aromatic carbocycles. The van der Waals surface area contributed by atoms with Crippen LogP contribution in [0.15, 0.2) is 18.2 Å². The third-order valence-electron chi connectivity index (χ3n) is 2.90. The molecule has 1 heterocycles. The molecule has 0 bridgehead atoms. The zero-order chi connectivity index (χ0) is 12.4. The minimum absolute atomic E-state index is 0.0000357. The van der Waals surface area contributed by atoms with Crippen LogP contribution in [0.2, 0.25) is 5.02 Å². The summed E-state index contributed by atoms with van der Waals surface area (Å²) in [5.74, 6) is -0.0308. The summed E-state index contributed by atoms with van der Waals surface area (Å²) in [7, 11) is 0. The average molecular weight is 366 g/mol. The molecular weight excluding hydrogens is 352 g/mol. The van der Waals surface area contributed by atoms with Gasteiger partial charge < -0.3 is 10.1 Å². The third kappa shape index (κ3) is 3.11. The second kappa shape index (κ2) is 5.54. The number of benzene rings is 1. The molecule has 0 spiro atoms. The molecule has 1 aliphatic heterocycles. The first-order valence-electron chi connectivity index (χ1n) is 5.45. The fourth-order valence-corrected chi connectivity index (χ4v) is 2.90. The maximum atomic E-state index is 12.0. The van der Waals surface area contributed by atoms with Crippen LogP contribution >= 0.6 is 34.2 Å². The Morgan fingerprint density at radius 2 is 2.35 bits per heavy atom. The second-order valence-electron chi connectivity index (χ2n) is 4.08. The Labute approximate surface area is 119 Å². The Morgan fingerprint density at radius 1 is 1.59 bits per heavy atom. The van der Waals surface area contributed by atoms with Crippen molar-refractivity contribution < 1.29 is 9.53 Å². The molecule has 0 saturated carbocycles. The van der Waals surface area contributed by atoms with Gasteiger partial charge in [0.05, 0.1) is 17.7 Å². The summed E-state index contributed by atoms with van der Waals surface area (Å²) in [6.45, 7) is 2.60. The van der Waals surface area contributed by atoms with Gasteiger partial charge >= 0.3 is 0 Å². The minimum atomic E-state index is -0.0542. The predicted octanol–water partition coefficient (Wildman–Crippen LogP) is 3.31. The molecule has 0 radical (unpaired) electrons. The summed E-state index contributed by atoms with van der Waals surface area (Å²) >= 11 is 8.02. The van der Waals surface area contributed by atoms with E-state index in [2.05, 4.69) is 27.9 Å². The maximum absolute atomic E-state index is 12.0. The maximum Gasteiger partial charge on any atom is 0.230 e. The molecule has 2 unspecified atom stereocenters. The predicted molar refractivity (Wildman–Crippen MR) is 76.3 cm³/mol. The molecule has 17 heavy (non-hydrogen) atoms. The first-order chi connectivity index (χ1) is 8.08. The van der Waals surface area contributed by atoms with Gasteiger partial charge in [-0.25, -0.2) is 0 Å². The van der Waals surface area contributed by atoms with Crippen molar-refractivity contribution in [3.05, 3.63) is 26.8 Å². The van der Waals surface area contributed by atoms with Crippen molar-refractivity contribution in [3.63, 3.8) is 0 Å². The first kappa shape index (κ1) is 13.1. The van der Waals surface area contributed by atoms with E-state index in [-0.39, 0.29) is 17.9 Å². The number of carbonyl (C=O) groups excluding carboxylic acids is 1. The van der Waals surface area contributed by atoms with Crippen molar-refractivity contribution >= 4 is 45.8 Å². The number of nitrogens with one attached hydrogen (secondary N) is 1. The number of anilines is 1. The molecule has 1 saturated heterocycles. The fourth-order valence-electron chi connectivity index (χ4n) is 1.89. The summed E-state index contributed by atoms with van der Waals surface area (Å²) in [6.07, 6.45) is 0.789. The molecule has 2 atom stereocenters. The molecule has 1 amide bonds. The number of amides is 1. The van der Waals surface area contributed by atoms with Crippen molar-refractivity contribution in [2.75, 3.05) is 11.9 Å². The van der Waals surface area contributed by atoms with E-state index in [0.717, 1.165) is 15.7 Å². The molecule has 3 nitrogen and oxygen atoms in total. The quantitative estimate of drug-likeness (QED) is 0.817. The Morgan fingerprint density at radius 3 is 2.94 bits per heavy atom. The molecule has 0 aliphatic carbocycles. The SMILES string of the molecule is CC1OCCC1C(=O)Nc1ccc(Cl)cc1I. The largest absolute Gasteiger partial charge is 0.378 e. The summed E-state index contributed by atoms with van der Waals surface area (Å²) in [4.78, 5) is 12.0. The van der Waals surface area contributed by atoms with E-state index in [4.69, 9.17) is 16.3 Å². The van der Waals surface area contributed by atoms with Crippen LogP contribution < -0.4 is 5.32 Å². The van der Waals surface area contributed by atoms with E-state index in [9.17, 15) is 4.79 Å². The normalized spacial score (nSPS) is 23.7. The number of carbonyl (C=O) groups is 1. The molecular formula is C12H13ClINO2. The lowest BCUT2D eigenvalue weighted by atomic mass is 10.0. The second-order valence-corrected chi connectivity index (χ2v) is 5.68. The van der Waals surface area contributed by atoms with Gasteiger partial charge in [0.25, 0.3) is 0 Å². The molecule has 1 N–H and O–H groups in total. The van der Waals surface area contributed by atoms with E-state index in [1.807, 2.05) is 19.1 Å². The van der Waals surface area contributed by atoms with Gasteiger partial charge in [0, 0.05) is 15.2 Å². The van der Waals surface area contributed by atoms with Crippen LogP contribution in [0, 0.1) is 9.49 Å². The van der Waals surface area contributed by atoms with Crippen LogP contribution in [0.5, 0.6) is 0 Å². The highest BCUT2D eigenvalue weighted by atomic mass is 127. The molecule has 2 rings (SSSR count). The zero-order valence-corrected chi connectivity index (χ0v) is 12.3. The standard InChI is InChI=1S/C12H13ClINO2/c1-7-9(4-5-17-7)12(16)15-11-3-2-8(13)6-10(11)14/h2-3,6-7,9H,4-5H2,1H3,(H,15,16). The number of hydrogen-bond acceptors (Lipinski definition) is 2. The molecule has 1 fully saturated rings. The van der Waals surface area contributed by atoms with Gasteiger partial charge in [-0.2, -0.15) is 0 Å². The van der Waals surface area contributed by atoms with Crippen molar-refractivity contribution in [3.8, 4) is 0 Å². The first-order valence-corrected chi connectivity index (χ1v) is 6.91. The van der Waals surface area contributed by atoms with Gasteiger partial charge in [-0.05, 0) is 54.1 Å². The van der Waals surface area contributed by atoms with Crippen LogP contribution in [0.25, 0.3) is 0 Å². The Kier molecular flexibility index (Phi) is 4.27. The van der Waals surface area contributed by atoms with Crippen LogP contribution in [0.1, 0.15) is 13.3 Å².